The van der Waals surface area contributed by atoms with E-state index in [1.807, 2.05) is 43.3 Å². The van der Waals surface area contributed by atoms with E-state index in [9.17, 15) is 4.79 Å². The first-order chi connectivity index (χ1) is 21.4. The Hall–Kier alpha value is -4.19. The van der Waals surface area contributed by atoms with Crippen molar-refractivity contribution in [2.24, 2.45) is 0 Å². The Bertz CT molecular complexity index is 1890. The number of piperidine rings is 1. The molecule has 0 radical (unpaired) electrons. The molecule has 3 aromatic heterocycles. The van der Waals surface area contributed by atoms with Crippen LogP contribution in [0, 0.1) is 0 Å². The van der Waals surface area contributed by atoms with Crippen molar-refractivity contribution >= 4 is 22.8 Å². The summed E-state index contributed by atoms with van der Waals surface area (Å²) in [6, 6.07) is 15.7. The van der Waals surface area contributed by atoms with Crippen LogP contribution in [0.4, 0.5) is 0 Å². The highest BCUT2D eigenvalue weighted by Gasteiger charge is 2.41. The van der Waals surface area contributed by atoms with Crippen LogP contribution in [0.25, 0.3) is 22.6 Å². The number of halogens is 1. The summed E-state index contributed by atoms with van der Waals surface area (Å²) in [7, 11) is 0. The molecule has 2 aromatic carbocycles. The second kappa shape index (κ2) is 10.8. The fourth-order valence-electron chi connectivity index (χ4n) is 6.43. The largest absolute Gasteiger partial charge is 0.445 e. The lowest BCUT2D eigenvalue weighted by molar-refractivity contribution is -0.0685. The highest BCUT2D eigenvalue weighted by atomic mass is 35.5. The van der Waals surface area contributed by atoms with Crippen LogP contribution < -0.4 is 15.2 Å². The van der Waals surface area contributed by atoms with Gasteiger partial charge in [0, 0.05) is 41.4 Å². The SMILES string of the molecule is CC1(c2ccc(Cl)cc2)Oc2cccc(C3CCN(Cc4nc5cc(-c6noc(=O)[nH]6)cnc5n4CC4CCO4)CC3)c2O1. The predicted octanol–water partition coefficient (Wildman–Crippen LogP) is 5.24. The summed E-state index contributed by atoms with van der Waals surface area (Å²) in [4.78, 5) is 26.2. The van der Waals surface area contributed by atoms with Gasteiger partial charge in [0.2, 0.25) is 0 Å². The summed E-state index contributed by atoms with van der Waals surface area (Å²) < 4.78 is 25.5. The highest BCUT2D eigenvalue weighted by Crippen LogP contribution is 2.49. The maximum atomic E-state index is 11.5. The first-order valence-electron chi connectivity index (χ1n) is 14.9. The molecule has 12 heteroatoms. The summed E-state index contributed by atoms with van der Waals surface area (Å²) in [5, 5.41) is 4.48. The number of pyridine rings is 1. The van der Waals surface area contributed by atoms with Crippen molar-refractivity contribution in [1.82, 2.24) is 29.6 Å². The van der Waals surface area contributed by atoms with Crippen LogP contribution >= 0.6 is 11.6 Å². The molecule has 0 amide bonds. The van der Waals surface area contributed by atoms with E-state index in [0.29, 0.717) is 35.4 Å². The zero-order valence-corrected chi connectivity index (χ0v) is 24.9. The van der Waals surface area contributed by atoms with E-state index in [-0.39, 0.29) is 6.10 Å². The quantitative estimate of drug-likeness (QED) is 0.262. The smallest absolute Gasteiger partial charge is 0.439 e. The number of nitrogens with zero attached hydrogens (tertiary/aromatic N) is 5. The van der Waals surface area contributed by atoms with Crippen molar-refractivity contribution in [2.75, 3.05) is 19.7 Å². The molecule has 2 saturated heterocycles. The van der Waals surface area contributed by atoms with E-state index in [1.165, 1.54) is 5.56 Å². The van der Waals surface area contributed by atoms with Crippen LogP contribution in [0.5, 0.6) is 11.5 Å². The Morgan fingerprint density at radius 3 is 2.64 bits per heavy atom. The molecule has 3 aliphatic heterocycles. The summed E-state index contributed by atoms with van der Waals surface area (Å²) in [5.74, 6) is 1.74. The Kier molecular flexibility index (Phi) is 6.69. The minimum atomic E-state index is -0.899. The molecule has 0 bridgehead atoms. The zero-order valence-electron chi connectivity index (χ0n) is 24.2. The van der Waals surface area contributed by atoms with Crippen LogP contribution in [0.2, 0.25) is 5.02 Å². The van der Waals surface area contributed by atoms with E-state index < -0.39 is 11.5 Å². The monoisotopic (exact) mass is 614 g/mol. The van der Waals surface area contributed by atoms with Crippen molar-refractivity contribution in [3.05, 3.63) is 87.3 Å². The molecule has 5 aromatic rings. The number of H-pyrrole nitrogens is 1. The second-order valence-corrected chi connectivity index (χ2v) is 12.2. The number of benzene rings is 2. The number of rotatable bonds is 7. The van der Waals surface area contributed by atoms with Gasteiger partial charge in [0.05, 0.1) is 19.2 Å². The predicted molar refractivity (Wildman–Crippen MR) is 162 cm³/mol. The molecule has 6 heterocycles. The van der Waals surface area contributed by atoms with Crippen molar-refractivity contribution in [1.29, 1.82) is 0 Å². The molecule has 0 saturated carbocycles. The number of fused-ring (bicyclic) bond motifs is 2. The molecule has 2 atom stereocenters. The average Bonchev–Trinajstić information content (AvgIpc) is 3.69. The Morgan fingerprint density at radius 2 is 1.91 bits per heavy atom. The van der Waals surface area contributed by atoms with Gasteiger partial charge in [-0.15, -0.1) is 0 Å². The normalized spacial score (nSPS) is 22.0. The number of imidazole rings is 1. The number of para-hydroxylation sites is 1. The molecule has 0 spiro atoms. The lowest BCUT2D eigenvalue weighted by Crippen LogP contribution is -2.35. The molecule has 2 fully saturated rings. The number of likely N-dealkylation sites (tertiary alicyclic amines) is 1. The molecule has 226 valence electrons. The molecular formula is C32H31ClN6O5. The Balaban J connectivity index is 0.999. The van der Waals surface area contributed by atoms with Crippen LogP contribution in [0.3, 0.4) is 0 Å². The fraction of sp³-hybridized carbons (Fsp3) is 0.375. The van der Waals surface area contributed by atoms with Gasteiger partial charge < -0.3 is 18.8 Å². The van der Waals surface area contributed by atoms with E-state index in [0.717, 1.165) is 73.0 Å². The number of hydrogen-bond donors (Lipinski definition) is 1. The fourth-order valence-corrected chi connectivity index (χ4v) is 6.55. The van der Waals surface area contributed by atoms with E-state index >= 15 is 0 Å². The van der Waals surface area contributed by atoms with Crippen LogP contribution in [0.15, 0.2) is 64.0 Å². The zero-order chi connectivity index (χ0) is 29.8. The minimum absolute atomic E-state index is 0.159. The third-order valence-corrected chi connectivity index (χ3v) is 9.18. The van der Waals surface area contributed by atoms with Gasteiger partial charge >= 0.3 is 5.76 Å². The van der Waals surface area contributed by atoms with Crippen molar-refractivity contribution in [3.63, 3.8) is 0 Å². The first-order valence-corrected chi connectivity index (χ1v) is 15.3. The topological polar surface area (TPSA) is 121 Å². The lowest BCUT2D eigenvalue weighted by Gasteiger charge is -2.33. The van der Waals surface area contributed by atoms with Crippen LogP contribution in [-0.4, -0.2) is 55.4 Å². The maximum absolute atomic E-state index is 11.5. The highest BCUT2D eigenvalue weighted by molar-refractivity contribution is 6.30. The molecule has 2 unspecified atom stereocenters. The van der Waals surface area contributed by atoms with E-state index in [2.05, 4.69) is 36.3 Å². The third-order valence-electron chi connectivity index (χ3n) is 8.93. The number of hydrogen-bond acceptors (Lipinski definition) is 9. The number of aromatic amines is 1. The van der Waals surface area contributed by atoms with Gasteiger partial charge in [-0.25, -0.2) is 14.8 Å². The van der Waals surface area contributed by atoms with Gasteiger partial charge in [-0.2, -0.15) is 0 Å². The van der Waals surface area contributed by atoms with Gasteiger partial charge in [-0.3, -0.25) is 14.4 Å². The Morgan fingerprint density at radius 1 is 1.09 bits per heavy atom. The molecule has 3 aliphatic rings. The third kappa shape index (κ3) is 4.94. The van der Waals surface area contributed by atoms with Gasteiger partial charge in [-0.05, 0) is 74.7 Å². The summed E-state index contributed by atoms with van der Waals surface area (Å²) in [6.07, 6.45) is 4.85. The summed E-state index contributed by atoms with van der Waals surface area (Å²) in [6.45, 7) is 5.99. The lowest BCUT2D eigenvalue weighted by atomic mass is 9.88. The number of aromatic nitrogens is 5. The summed E-state index contributed by atoms with van der Waals surface area (Å²) >= 11 is 6.12. The average molecular weight is 615 g/mol. The minimum Gasteiger partial charge on any atom is -0.445 e. The maximum Gasteiger partial charge on any atom is 0.439 e. The number of ether oxygens (including phenoxy) is 3. The second-order valence-electron chi connectivity index (χ2n) is 11.8. The van der Waals surface area contributed by atoms with Crippen LogP contribution in [0.1, 0.15) is 49.1 Å². The summed E-state index contributed by atoms with van der Waals surface area (Å²) in [5.41, 5.74) is 4.30. The molecular weight excluding hydrogens is 584 g/mol. The molecule has 8 rings (SSSR count). The molecule has 1 N–H and O–H groups in total. The molecule has 11 nitrogen and oxygen atoms in total. The van der Waals surface area contributed by atoms with Crippen molar-refractivity contribution in [3.8, 4) is 22.9 Å². The van der Waals surface area contributed by atoms with Gasteiger partial charge in [-0.1, -0.05) is 28.9 Å². The van der Waals surface area contributed by atoms with Crippen LogP contribution in [-0.2, 0) is 23.6 Å². The molecule has 0 aliphatic carbocycles. The van der Waals surface area contributed by atoms with Gasteiger partial charge in [0.25, 0.3) is 5.79 Å². The first kappa shape index (κ1) is 27.4. The van der Waals surface area contributed by atoms with Gasteiger partial charge in [0.1, 0.15) is 11.3 Å². The van der Waals surface area contributed by atoms with E-state index in [1.54, 1.807) is 6.20 Å². The molecule has 44 heavy (non-hydrogen) atoms. The standard InChI is InChI=1S/C32H31ClN6O5/c1-32(21-5-7-22(33)8-6-21)42-26-4-2-3-24(28(26)43-32)19-9-12-38(13-10-19)18-27-35-25-15-20(29-36-31(40)44-37-29)16-34-30(25)39(27)17-23-11-14-41-23/h2-8,15-16,19,23H,9-14,17-18H2,1H3,(H,36,37,40). The van der Waals surface area contributed by atoms with Crippen molar-refractivity contribution in [2.45, 2.75) is 57.1 Å². The van der Waals surface area contributed by atoms with E-state index in [4.69, 9.17) is 35.8 Å². The van der Waals surface area contributed by atoms with Crippen molar-refractivity contribution < 1.29 is 18.7 Å². The number of nitrogens with one attached hydrogen (secondary N) is 1. The Labute approximate surface area is 257 Å². The van der Waals surface area contributed by atoms with Gasteiger partial charge in [0.15, 0.2) is 23.0 Å².